The first-order valence-corrected chi connectivity index (χ1v) is 13.6. The van der Waals surface area contributed by atoms with Gasteiger partial charge in [0.2, 0.25) is 5.91 Å². The van der Waals surface area contributed by atoms with E-state index in [1.807, 2.05) is 37.4 Å². The standard InChI is InChI=1S/C28H36N4O5S/c1-14(2)19-13-38-26(31-19)18-11-21(17-9-10-20(35-8)15(3)23(17)30-18)36-22-12-32(24(16(22)4)25(29)33)27(34)37-28(5,6)7/h9-11,13-14,16,22,24H,12H2,1-8H3,(H2,29,33)/t16-,22+,24+/m1/s1. The summed E-state index contributed by atoms with van der Waals surface area (Å²) in [6.45, 7) is 13.5. The third-order valence-electron chi connectivity index (χ3n) is 6.69. The number of amides is 2. The molecule has 1 aliphatic rings. The van der Waals surface area contributed by atoms with Crippen molar-refractivity contribution in [2.24, 2.45) is 11.7 Å². The lowest BCUT2D eigenvalue weighted by atomic mass is 10.00. The van der Waals surface area contributed by atoms with Gasteiger partial charge in [0.25, 0.3) is 0 Å². The number of primary amides is 1. The Morgan fingerprint density at radius 2 is 1.89 bits per heavy atom. The van der Waals surface area contributed by atoms with Gasteiger partial charge in [-0.2, -0.15) is 0 Å². The summed E-state index contributed by atoms with van der Waals surface area (Å²) in [5.41, 5.74) is 8.31. The highest BCUT2D eigenvalue weighted by molar-refractivity contribution is 7.13. The molecule has 204 valence electrons. The summed E-state index contributed by atoms with van der Waals surface area (Å²) in [6.07, 6.45) is -1.09. The number of ether oxygens (including phenoxy) is 3. The molecule has 1 aromatic carbocycles. The van der Waals surface area contributed by atoms with Gasteiger partial charge in [-0.1, -0.05) is 20.8 Å². The van der Waals surface area contributed by atoms with Crippen LogP contribution in [0.3, 0.4) is 0 Å². The Kier molecular flexibility index (Phi) is 7.56. The van der Waals surface area contributed by atoms with Gasteiger partial charge in [0.05, 0.1) is 24.9 Å². The summed E-state index contributed by atoms with van der Waals surface area (Å²) < 4.78 is 17.7. The van der Waals surface area contributed by atoms with Crippen molar-refractivity contribution in [2.45, 2.75) is 72.1 Å². The van der Waals surface area contributed by atoms with Crippen molar-refractivity contribution in [1.29, 1.82) is 0 Å². The van der Waals surface area contributed by atoms with Gasteiger partial charge in [0.1, 0.15) is 39.9 Å². The molecule has 0 aliphatic carbocycles. The first-order valence-electron chi connectivity index (χ1n) is 12.7. The Morgan fingerprint density at radius 3 is 2.47 bits per heavy atom. The number of carbonyl (C=O) groups is 2. The van der Waals surface area contributed by atoms with Gasteiger partial charge in [-0.05, 0) is 45.7 Å². The first-order chi connectivity index (χ1) is 17.8. The van der Waals surface area contributed by atoms with Crippen LogP contribution in [-0.4, -0.2) is 58.3 Å². The Bertz CT molecular complexity index is 1360. The van der Waals surface area contributed by atoms with E-state index in [0.717, 1.165) is 27.2 Å². The highest BCUT2D eigenvalue weighted by atomic mass is 32.1. The summed E-state index contributed by atoms with van der Waals surface area (Å²) in [7, 11) is 1.63. The highest BCUT2D eigenvalue weighted by Crippen LogP contribution is 2.38. The van der Waals surface area contributed by atoms with E-state index in [1.165, 1.54) is 16.2 Å². The van der Waals surface area contributed by atoms with Crippen LogP contribution in [0.15, 0.2) is 23.6 Å². The van der Waals surface area contributed by atoms with Gasteiger partial charge in [-0.25, -0.2) is 14.8 Å². The number of pyridine rings is 1. The number of likely N-dealkylation sites (tertiary alicyclic amines) is 1. The number of nitrogens with two attached hydrogens (primary N) is 1. The first kappa shape index (κ1) is 27.6. The molecule has 2 amide bonds. The molecule has 3 aromatic rings. The molecule has 0 spiro atoms. The molecule has 2 N–H and O–H groups in total. The molecule has 0 bridgehead atoms. The molecular weight excluding hydrogens is 504 g/mol. The molecule has 10 heteroatoms. The fraction of sp³-hybridized carbons (Fsp3) is 0.500. The third kappa shape index (κ3) is 5.41. The number of nitrogens with zero attached hydrogens (tertiary/aromatic N) is 3. The van der Waals surface area contributed by atoms with Gasteiger partial charge in [0.15, 0.2) is 0 Å². The lowest BCUT2D eigenvalue weighted by molar-refractivity contribution is -0.123. The molecule has 1 saturated heterocycles. The quantitative estimate of drug-likeness (QED) is 0.452. The SMILES string of the molecule is COc1ccc2c(O[C@H]3CN(C(=O)OC(C)(C)C)[C@H](C(N)=O)[C@@H]3C)cc(-c3nc(C(C)C)cs3)nc2c1C. The number of fused-ring (bicyclic) bond motifs is 1. The molecule has 0 unspecified atom stereocenters. The van der Waals surface area contributed by atoms with E-state index in [1.54, 1.807) is 27.9 Å². The number of rotatable bonds is 6. The maximum Gasteiger partial charge on any atom is 0.411 e. The van der Waals surface area contributed by atoms with Crippen molar-refractivity contribution in [3.05, 3.63) is 34.8 Å². The molecule has 9 nitrogen and oxygen atoms in total. The minimum Gasteiger partial charge on any atom is -0.496 e. The predicted molar refractivity (Wildman–Crippen MR) is 148 cm³/mol. The Hall–Kier alpha value is -3.40. The Labute approximate surface area is 227 Å². The molecule has 3 heterocycles. The smallest absolute Gasteiger partial charge is 0.411 e. The van der Waals surface area contributed by atoms with Gasteiger partial charge in [-0.3, -0.25) is 9.69 Å². The summed E-state index contributed by atoms with van der Waals surface area (Å²) >= 11 is 1.53. The predicted octanol–water partition coefficient (Wildman–Crippen LogP) is 5.29. The molecule has 1 fully saturated rings. The number of carbonyl (C=O) groups excluding carboxylic acids is 2. The van der Waals surface area contributed by atoms with Crippen LogP contribution in [0.2, 0.25) is 0 Å². The zero-order valence-corrected chi connectivity index (χ0v) is 24.0. The fourth-order valence-corrected chi connectivity index (χ4v) is 5.61. The van der Waals surface area contributed by atoms with Crippen LogP contribution in [0, 0.1) is 12.8 Å². The zero-order chi connectivity index (χ0) is 27.9. The second-order valence-electron chi connectivity index (χ2n) is 11.0. The topological polar surface area (TPSA) is 117 Å². The van der Waals surface area contributed by atoms with Crippen molar-refractivity contribution in [1.82, 2.24) is 14.9 Å². The summed E-state index contributed by atoms with van der Waals surface area (Å²) in [5, 5.41) is 3.62. The molecule has 1 aliphatic heterocycles. The van der Waals surface area contributed by atoms with Crippen molar-refractivity contribution in [3.8, 4) is 22.2 Å². The largest absolute Gasteiger partial charge is 0.496 e. The van der Waals surface area contributed by atoms with Gasteiger partial charge >= 0.3 is 6.09 Å². The Balaban J connectivity index is 1.77. The Morgan fingerprint density at radius 1 is 1.18 bits per heavy atom. The zero-order valence-electron chi connectivity index (χ0n) is 23.2. The molecular formula is C28H36N4O5S. The monoisotopic (exact) mass is 540 g/mol. The fourth-order valence-electron chi connectivity index (χ4n) is 4.67. The second kappa shape index (κ2) is 10.4. The van der Waals surface area contributed by atoms with Crippen molar-refractivity contribution >= 4 is 34.2 Å². The van der Waals surface area contributed by atoms with E-state index in [9.17, 15) is 9.59 Å². The third-order valence-corrected chi connectivity index (χ3v) is 7.58. The number of hydrogen-bond acceptors (Lipinski definition) is 8. The van der Waals surface area contributed by atoms with Crippen LogP contribution in [-0.2, 0) is 9.53 Å². The van der Waals surface area contributed by atoms with Crippen molar-refractivity contribution < 1.29 is 23.8 Å². The summed E-state index contributed by atoms with van der Waals surface area (Å²) in [4.78, 5) is 36.5. The lowest BCUT2D eigenvalue weighted by Gasteiger charge is -2.27. The van der Waals surface area contributed by atoms with Gasteiger partial charge < -0.3 is 19.9 Å². The molecule has 2 aromatic heterocycles. The van der Waals surface area contributed by atoms with Crippen molar-refractivity contribution in [3.63, 3.8) is 0 Å². The van der Waals surface area contributed by atoms with E-state index < -0.39 is 29.7 Å². The van der Waals surface area contributed by atoms with Gasteiger partial charge in [0, 0.05) is 28.3 Å². The van der Waals surface area contributed by atoms with Crippen LogP contribution >= 0.6 is 11.3 Å². The van der Waals surface area contributed by atoms with E-state index >= 15 is 0 Å². The normalized spacial score (nSPS) is 19.7. The van der Waals surface area contributed by atoms with E-state index in [4.69, 9.17) is 29.9 Å². The number of methoxy groups -OCH3 is 1. The van der Waals surface area contributed by atoms with Crippen LogP contribution in [0.25, 0.3) is 21.6 Å². The average Bonchev–Trinajstić information content (AvgIpc) is 3.44. The van der Waals surface area contributed by atoms with E-state index in [0.29, 0.717) is 23.1 Å². The summed E-state index contributed by atoms with van der Waals surface area (Å²) in [5.74, 6) is 0.636. The minimum absolute atomic E-state index is 0.159. The maximum atomic E-state index is 13.0. The summed E-state index contributed by atoms with van der Waals surface area (Å²) in [6, 6.07) is 4.81. The second-order valence-corrected chi connectivity index (χ2v) is 11.9. The lowest BCUT2D eigenvalue weighted by Crippen LogP contribution is -2.47. The van der Waals surface area contributed by atoms with E-state index in [2.05, 4.69) is 13.8 Å². The van der Waals surface area contributed by atoms with Gasteiger partial charge in [-0.15, -0.1) is 11.3 Å². The number of aromatic nitrogens is 2. The minimum atomic E-state index is -0.850. The number of thiazole rings is 1. The average molecular weight is 541 g/mol. The highest BCUT2D eigenvalue weighted by Gasteiger charge is 2.47. The van der Waals surface area contributed by atoms with E-state index in [-0.39, 0.29) is 12.5 Å². The molecule has 0 radical (unpaired) electrons. The number of aryl methyl sites for hydroxylation is 1. The maximum absolute atomic E-state index is 13.0. The number of benzene rings is 1. The van der Waals surface area contributed by atoms with Crippen LogP contribution in [0.1, 0.15) is 58.7 Å². The van der Waals surface area contributed by atoms with Crippen LogP contribution in [0.4, 0.5) is 4.79 Å². The molecule has 0 saturated carbocycles. The molecule has 4 rings (SSSR count). The molecule has 38 heavy (non-hydrogen) atoms. The van der Waals surface area contributed by atoms with Crippen LogP contribution < -0.4 is 15.2 Å². The number of hydrogen-bond donors (Lipinski definition) is 1. The molecule has 3 atom stereocenters. The van der Waals surface area contributed by atoms with Crippen molar-refractivity contribution in [2.75, 3.05) is 13.7 Å². The van der Waals surface area contributed by atoms with Crippen LogP contribution in [0.5, 0.6) is 11.5 Å².